The van der Waals surface area contributed by atoms with Crippen LogP contribution in [0.5, 0.6) is 0 Å². The lowest BCUT2D eigenvalue weighted by atomic mass is 10.1. The molecular formula is C17H22N2OS. The van der Waals surface area contributed by atoms with Gasteiger partial charge in [-0.2, -0.15) is 0 Å². The lowest BCUT2D eigenvalue weighted by Crippen LogP contribution is -2.31. The molecule has 0 saturated heterocycles. The summed E-state index contributed by atoms with van der Waals surface area (Å²) in [7, 11) is 0. The summed E-state index contributed by atoms with van der Waals surface area (Å²) in [5.41, 5.74) is 2.21. The largest absolute Gasteiger partial charge is 0.343 e. The van der Waals surface area contributed by atoms with Gasteiger partial charge in [0.2, 0.25) is 5.91 Å². The van der Waals surface area contributed by atoms with Crippen LogP contribution in [0.25, 0.3) is 10.9 Å². The zero-order chi connectivity index (χ0) is 15.2. The number of carbonyl (C=O) groups is 1. The van der Waals surface area contributed by atoms with Crippen molar-refractivity contribution in [2.45, 2.75) is 32.2 Å². The Morgan fingerprint density at radius 3 is 2.57 bits per heavy atom. The molecule has 112 valence electrons. The van der Waals surface area contributed by atoms with E-state index in [-0.39, 0.29) is 5.91 Å². The number of carbonyl (C=O) groups excluding carboxylic acids is 1. The van der Waals surface area contributed by atoms with Crippen LogP contribution in [0.4, 0.5) is 0 Å². The normalized spacial score (nSPS) is 10.8. The second kappa shape index (κ2) is 7.46. The van der Waals surface area contributed by atoms with Gasteiger partial charge in [-0.1, -0.05) is 36.9 Å². The maximum Gasteiger partial charge on any atom is 0.232 e. The Morgan fingerprint density at radius 1 is 1.19 bits per heavy atom. The molecule has 1 aromatic heterocycles. The van der Waals surface area contributed by atoms with Crippen LogP contribution in [0.3, 0.4) is 0 Å². The predicted molar refractivity (Wildman–Crippen MR) is 89.8 cm³/mol. The van der Waals surface area contributed by atoms with E-state index in [4.69, 9.17) is 4.98 Å². The highest BCUT2D eigenvalue weighted by Crippen LogP contribution is 2.25. The topological polar surface area (TPSA) is 33.2 Å². The summed E-state index contributed by atoms with van der Waals surface area (Å²) in [5.74, 6) is 0.641. The number of benzene rings is 1. The van der Waals surface area contributed by atoms with E-state index in [2.05, 4.69) is 19.1 Å². The van der Waals surface area contributed by atoms with Crippen molar-refractivity contribution < 1.29 is 4.79 Å². The molecule has 0 bridgehead atoms. The minimum Gasteiger partial charge on any atom is -0.343 e. The van der Waals surface area contributed by atoms with Gasteiger partial charge in [-0.25, -0.2) is 4.98 Å². The van der Waals surface area contributed by atoms with Crippen molar-refractivity contribution in [1.82, 2.24) is 9.88 Å². The van der Waals surface area contributed by atoms with Gasteiger partial charge < -0.3 is 4.90 Å². The number of hydrogen-bond donors (Lipinski definition) is 0. The van der Waals surface area contributed by atoms with Crippen LogP contribution < -0.4 is 0 Å². The van der Waals surface area contributed by atoms with Gasteiger partial charge in [0.25, 0.3) is 0 Å². The van der Waals surface area contributed by atoms with Crippen LogP contribution in [0, 0.1) is 0 Å². The average molecular weight is 302 g/mol. The van der Waals surface area contributed by atoms with Gasteiger partial charge in [-0.15, -0.1) is 0 Å². The molecule has 0 atom stereocenters. The quantitative estimate of drug-likeness (QED) is 0.762. The first-order valence-electron chi connectivity index (χ1n) is 7.48. The fourth-order valence-electron chi connectivity index (χ4n) is 2.32. The Kier molecular flexibility index (Phi) is 5.62. The van der Waals surface area contributed by atoms with Gasteiger partial charge >= 0.3 is 0 Å². The van der Waals surface area contributed by atoms with Gasteiger partial charge in [-0.05, 0) is 38.0 Å². The molecule has 1 amide bonds. The number of rotatable bonds is 6. The molecule has 0 spiro atoms. The van der Waals surface area contributed by atoms with E-state index in [0.717, 1.165) is 35.4 Å². The minimum absolute atomic E-state index is 0.182. The molecule has 0 aliphatic carbocycles. The number of aromatic nitrogens is 1. The molecular weight excluding hydrogens is 280 g/mol. The first-order chi connectivity index (χ1) is 10.2. The SMILES string of the molecule is CCc1cc2ccccc2nc1SCC(=O)N(CC)CC. The number of amides is 1. The summed E-state index contributed by atoms with van der Waals surface area (Å²) in [4.78, 5) is 18.7. The van der Waals surface area contributed by atoms with Gasteiger partial charge in [0.1, 0.15) is 5.03 Å². The average Bonchev–Trinajstić information content (AvgIpc) is 2.53. The van der Waals surface area contributed by atoms with Gasteiger partial charge in [0, 0.05) is 18.5 Å². The van der Waals surface area contributed by atoms with Gasteiger partial charge in [0.15, 0.2) is 0 Å². The zero-order valence-electron chi connectivity index (χ0n) is 12.9. The van der Waals surface area contributed by atoms with Crippen molar-refractivity contribution in [1.29, 1.82) is 0 Å². The summed E-state index contributed by atoms with van der Waals surface area (Å²) in [5, 5.41) is 2.14. The number of thioether (sulfide) groups is 1. The van der Waals surface area contributed by atoms with E-state index < -0.39 is 0 Å². The number of aryl methyl sites for hydroxylation is 1. The highest BCUT2D eigenvalue weighted by molar-refractivity contribution is 7.99. The number of hydrogen-bond acceptors (Lipinski definition) is 3. The smallest absolute Gasteiger partial charge is 0.232 e. The van der Waals surface area contributed by atoms with E-state index in [9.17, 15) is 4.79 Å². The predicted octanol–water partition coefficient (Wildman–Crippen LogP) is 3.76. The Hall–Kier alpha value is -1.55. The van der Waals surface area contributed by atoms with Crippen molar-refractivity contribution in [3.8, 4) is 0 Å². The monoisotopic (exact) mass is 302 g/mol. The van der Waals surface area contributed by atoms with E-state index in [1.54, 1.807) is 11.8 Å². The van der Waals surface area contributed by atoms with Gasteiger partial charge in [-0.3, -0.25) is 4.79 Å². The van der Waals surface area contributed by atoms with Crippen LogP contribution in [-0.2, 0) is 11.2 Å². The Bertz CT molecular complexity index is 623. The molecule has 0 unspecified atom stereocenters. The number of nitrogens with zero attached hydrogens (tertiary/aromatic N) is 2. The Morgan fingerprint density at radius 2 is 1.90 bits per heavy atom. The van der Waals surface area contributed by atoms with Crippen molar-refractivity contribution in [3.05, 3.63) is 35.9 Å². The summed E-state index contributed by atoms with van der Waals surface area (Å²) in [6.45, 7) is 7.68. The van der Waals surface area contributed by atoms with Crippen molar-refractivity contribution in [3.63, 3.8) is 0 Å². The molecule has 0 fully saturated rings. The first kappa shape index (κ1) is 15.8. The summed E-state index contributed by atoms with van der Waals surface area (Å²) in [6, 6.07) is 10.3. The molecule has 0 N–H and O–H groups in total. The second-order valence-electron chi connectivity index (χ2n) is 4.85. The molecule has 4 heteroatoms. The zero-order valence-corrected chi connectivity index (χ0v) is 13.7. The van der Waals surface area contributed by atoms with Crippen molar-refractivity contribution in [2.75, 3.05) is 18.8 Å². The summed E-state index contributed by atoms with van der Waals surface area (Å²) < 4.78 is 0. The van der Waals surface area contributed by atoms with E-state index in [1.165, 1.54) is 5.56 Å². The standard InChI is InChI=1S/C17H22N2OS/c1-4-13-11-14-9-7-8-10-15(14)18-17(13)21-12-16(20)19(5-2)6-3/h7-11H,4-6,12H2,1-3H3. The summed E-state index contributed by atoms with van der Waals surface area (Å²) >= 11 is 1.55. The number of fused-ring (bicyclic) bond motifs is 1. The molecule has 0 radical (unpaired) electrons. The molecule has 0 saturated carbocycles. The number of para-hydroxylation sites is 1. The maximum atomic E-state index is 12.1. The molecule has 0 aliphatic rings. The number of pyridine rings is 1. The van der Waals surface area contributed by atoms with Crippen LogP contribution in [0.15, 0.2) is 35.4 Å². The third kappa shape index (κ3) is 3.76. The molecule has 2 rings (SSSR count). The Labute approximate surface area is 130 Å². The minimum atomic E-state index is 0.182. The third-order valence-corrected chi connectivity index (χ3v) is 4.61. The lowest BCUT2D eigenvalue weighted by molar-refractivity contribution is -0.127. The molecule has 2 aromatic rings. The third-order valence-electron chi connectivity index (χ3n) is 3.59. The van der Waals surface area contributed by atoms with Crippen molar-refractivity contribution in [2.24, 2.45) is 0 Å². The van der Waals surface area contributed by atoms with E-state index in [0.29, 0.717) is 5.75 Å². The van der Waals surface area contributed by atoms with Crippen LogP contribution in [0.2, 0.25) is 0 Å². The Balaban J connectivity index is 2.19. The fraction of sp³-hybridized carbons (Fsp3) is 0.412. The molecule has 1 heterocycles. The van der Waals surface area contributed by atoms with Crippen LogP contribution >= 0.6 is 11.8 Å². The van der Waals surface area contributed by atoms with Crippen LogP contribution in [-0.4, -0.2) is 34.6 Å². The van der Waals surface area contributed by atoms with Crippen molar-refractivity contribution >= 4 is 28.6 Å². The lowest BCUT2D eigenvalue weighted by Gasteiger charge is -2.18. The highest BCUT2D eigenvalue weighted by Gasteiger charge is 2.12. The van der Waals surface area contributed by atoms with Gasteiger partial charge in [0.05, 0.1) is 11.3 Å². The van der Waals surface area contributed by atoms with Crippen LogP contribution in [0.1, 0.15) is 26.3 Å². The fourth-order valence-corrected chi connectivity index (χ4v) is 3.31. The van der Waals surface area contributed by atoms with E-state index in [1.807, 2.05) is 36.9 Å². The van der Waals surface area contributed by atoms with E-state index >= 15 is 0 Å². The second-order valence-corrected chi connectivity index (χ2v) is 5.82. The molecule has 1 aromatic carbocycles. The molecule has 21 heavy (non-hydrogen) atoms. The highest BCUT2D eigenvalue weighted by atomic mass is 32.2. The first-order valence-corrected chi connectivity index (χ1v) is 8.47. The molecule has 0 aliphatic heterocycles. The molecule has 3 nitrogen and oxygen atoms in total. The summed E-state index contributed by atoms with van der Waals surface area (Å²) in [6.07, 6.45) is 0.930. The maximum absolute atomic E-state index is 12.1.